The minimum atomic E-state index is -4.83. The third-order valence-electron chi connectivity index (χ3n) is 4.60. The number of aromatic nitrogens is 2. The molecule has 0 aliphatic carbocycles. The fourth-order valence-corrected chi connectivity index (χ4v) is 3.34. The van der Waals surface area contributed by atoms with Gasteiger partial charge in [0.15, 0.2) is 0 Å². The van der Waals surface area contributed by atoms with E-state index in [4.69, 9.17) is 0 Å². The lowest BCUT2D eigenvalue weighted by Crippen LogP contribution is -2.30. The van der Waals surface area contributed by atoms with Crippen molar-refractivity contribution in [1.29, 1.82) is 0 Å². The predicted molar refractivity (Wildman–Crippen MR) is 121 cm³/mol. The van der Waals surface area contributed by atoms with Crippen LogP contribution in [0.25, 0.3) is 11.3 Å². The summed E-state index contributed by atoms with van der Waals surface area (Å²) >= 11 is 3.28. The minimum absolute atomic E-state index is 0.0495. The van der Waals surface area contributed by atoms with Gasteiger partial charge >= 0.3 is 6.36 Å². The van der Waals surface area contributed by atoms with Crippen LogP contribution in [0.3, 0.4) is 0 Å². The summed E-state index contributed by atoms with van der Waals surface area (Å²) in [6.45, 7) is 3.64. The molecule has 0 aliphatic heterocycles. The van der Waals surface area contributed by atoms with E-state index in [-0.39, 0.29) is 30.3 Å². The number of aliphatic hydroxyl groups is 1. The highest BCUT2D eigenvalue weighted by Crippen LogP contribution is 2.31. The second kappa shape index (κ2) is 10.3. The molecule has 0 saturated carbocycles. The molecule has 6 nitrogen and oxygen atoms in total. The molecule has 0 unspecified atom stereocenters. The van der Waals surface area contributed by atoms with Crippen LogP contribution in [0.5, 0.6) is 5.75 Å². The van der Waals surface area contributed by atoms with Crippen molar-refractivity contribution in [2.75, 3.05) is 17.2 Å². The third kappa shape index (κ3) is 7.03. The SMILES string of the molecule is CC(C)[C@@H](CO)Nc1nc(Nc2ccc(F)cc2Br)cc(-c2cccc(OC(F)(F)F)c2)n1. The Morgan fingerprint density at radius 1 is 1.09 bits per heavy atom. The van der Waals surface area contributed by atoms with Gasteiger partial charge < -0.3 is 20.5 Å². The van der Waals surface area contributed by atoms with E-state index < -0.39 is 12.2 Å². The molecule has 1 heterocycles. The van der Waals surface area contributed by atoms with Gasteiger partial charge in [-0.15, -0.1) is 13.2 Å². The highest BCUT2D eigenvalue weighted by atomic mass is 79.9. The van der Waals surface area contributed by atoms with E-state index in [0.717, 1.165) is 0 Å². The highest BCUT2D eigenvalue weighted by molar-refractivity contribution is 9.10. The van der Waals surface area contributed by atoms with Crippen molar-refractivity contribution in [2.24, 2.45) is 5.92 Å². The van der Waals surface area contributed by atoms with Gasteiger partial charge in [-0.2, -0.15) is 4.98 Å². The van der Waals surface area contributed by atoms with E-state index in [1.165, 1.54) is 42.5 Å². The summed E-state index contributed by atoms with van der Waals surface area (Å²) in [6, 6.07) is 10.6. The predicted octanol–water partition coefficient (Wildman–Crippen LogP) is 6.12. The van der Waals surface area contributed by atoms with E-state index in [1.807, 2.05) is 13.8 Å². The fraction of sp³-hybridized carbons (Fsp3) is 0.273. The molecule has 3 rings (SSSR count). The van der Waals surface area contributed by atoms with Crippen molar-refractivity contribution < 1.29 is 27.4 Å². The number of ether oxygens (including phenoxy) is 1. The summed E-state index contributed by atoms with van der Waals surface area (Å²) in [4.78, 5) is 8.81. The van der Waals surface area contributed by atoms with Gasteiger partial charge in [0.1, 0.15) is 17.4 Å². The van der Waals surface area contributed by atoms with Crippen molar-refractivity contribution >= 4 is 33.4 Å². The Morgan fingerprint density at radius 3 is 2.48 bits per heavy atom. The fourth-order valence-electron chi connectivity index (χ4n) is 2.89. The first-order chi connectivity index (χ1) is 15.5. The summed E-state index contributed by atoms with van der Waals surface area (Å²) in [5.74, 6) is -0.310. The first-order valence-corrected chi connectivity index (χ1v) is 10.7. The van der Waals surface area contributed by atoms with E-state index in [1.54, 1.807) is 6.07 Å². The molecule has 11 heteroatoms. The molecule has 1 aromatic heterocycles. The van der Waals surface area contributed by atoms with Gasteiger partial charge in [-0.1, -0.05) is 26.0 Å². The van der Waals surface area contributed by atoms with Crippen LogP contribution in [0.15, 0.2) is 53.0 Å². The monoisotopic (exact) mass is 528 g/mol. The Labute approximate surface area is 196 Å². The van der Waals surface area contributed by atoms with Gasteiger partial charge in [-0.3, -0.25) is 0 Å². The zero-order chi connectivity index (χ0) is 24.2. The van der Waals surface area contributed by atoms with E-state index in [2.05, 4.69) is 41.3 Å². The van der Waals surface area contributed by atoms with Crippen molar-refractivity contribution in [3.8, 4) is 17.0 Å². The van der Waals surface area contributed by atoms with E-state index in [0.29, 0.717) is 27.2 Å². The van der Waals surface area contributed by atoms with Crippen LogP contribution in [0.1, 0.15) is 13.8 Å². The average Bonchev–Trinajstić information content (AvgIpc) is 2.72. The van der Waals surface area contributed by atoms with Crippen LogP contribution in [0.2, 0.25) is 0 Å². The maximum atomic E-state index is 13.4. The van der Waals surface area contributed by atoms with Gasteiger partial charge in [-0.05, 0) is 52.2 Å². The number of hydrogen-bond donors (Lipinski definition) is 3. The number of alkyl halides is 3. The number of nitrogens with zero attached hydrogens (tertiary/aromatic N) is 2. The Hall–Kier alpha value is -2.92. The van der Waals surface area contributed by atoms with Gasteiger partial charge in [0.05, 0.1) is 24.0 Å². The van der Waals surface area contributed by atoms with Gasteiger partial charge in [0, 0.05) is 16.1 Å². The van der Waals surface area contributed by atoms with Crippen LogP contribution in [0.4, 0.5) is 35.0 Å². The molecular formula is C22H21BrF4N4O2. The number of benzene rings is 2. The minimum Gasteiger partial charge on any atom is -0.406 e. The number of nitrogens with one attached hydrogen (secondary N) is 2. The average molecular weight is 529 g/mol. The molecule has 2 aromatic carbocycles. The number of anilines is 3. The van der Waals surface area contributed by atoms with Crippen LogP contribution in [-0.2, 0) is 0 Å². The highest BCUT2D eigenvalue weighted by Gasteiger charge is 2.31. The molecule has 3 N–H and O–H groups in total. The van der Waals surface area contributed by atoms with Crippen LogP contribution >= 0.6 is 15.9 Å². The Morgan fingerprint density at radius 2 is 1.85 bits per heavy atom. The first-order valence-electron chi connectivity index (χ1n) is 9.89. The molecule has 0 saturated heterocycles. The zero-order valence-electron chi connectivity index (χ0n) is 17.6. The molecule has 0 amide bonds. The lowest BCUT2D eigenvalue weighted by molar-refractivity contribution is -0.274. The lowest BCUT2D eigenvalue weighted by Gasteiger charge is -2.21. The maximum absolute atomic E-state index is 13.4. The molecule has 33 heavy (non-hydrogen) atoms. The number of halogens is 5. The molecule has 0 spiro atoms. The molecule has 0 aliphatic rings. The first kappa shape index (κ1) is 24.7. The molecule has 3 aromatic rings. The smallest absolute Gasteiger partial charge is 0.406 e. The second-order valence-corrected chi connectivity index (χ2v) is 8.32. The molecular weight excluding hydrogens is 508 g/mol. The Balaban J connectivity index is 2.02. The number of aliphatic hydroxyl groups excluding tert-OH is 1. The van der Waals surface area contributed by atoms with Gasteiger partial charge in [0.2, 0.25) is 5.95 Å². The normalized spacial score (nSPS) is 12.5. The maximum Gasteiger partial charge on any atom is 0.573 e. The van der Waals surface area contributed by atoms with Crippen LogP contribution in [-0.4, -0.2) is 34.1 Å². The standard InChI is InChI=1S/C22H21BrF4N4O2/c1-12(2)19(11-32)30-21-29-18(13-4-3-5-15(8-13)33-22(25,26)27)10-20(31-21)28-17-7-6-14(24)9-16(17)23/h3-10,12,19,32H,11H2,1-2H3,(H2,28,29,30,31)/t19-/m1/s1. The summed E-state index contributed by atoms with van der Waals surface area (Å²) < 4.78 is 55.8. The third-order valence-corrected chi connectivity index (χ3v) is 5.26. The van der Waals surface area contributed by atoms with Crippen molar-refractivity contribution in [3.63, 3.8) is 0 Å². The van der Waals surface area contributed by atoms with E-state index in [9.17, 15) is 22.7 Å². The Bertz CT molecular complexity index is 1110. The quantitative estimate of drug-likeness (QED) is 0.306. The Kier molecular flexibility index (Phi) is 7.75. The van der Waals surface area contributed by atoms with Crippen LogP contribution < -0.4 is 15.4 Å². The molecule has 0 fully saturated rings. The van der Waals surface area contributed by atoms with Crippen molar-refractivity contribution in [2.45, 2.75) is 26.3 Å². The summed E-state index contributed by atoms with van der Waals surface area (Å²) in [7, 11) is 0. The number of rotatable bonds is 8. The topological polar surface area (TPSA) is 79.3 Å². The van der Waals surface area contributed by atoms with Crippen molar-refractivity contribution in [1.82, 2.24) is 9.97 Å². The van der Waals surface area contributed by atoms with E-state index >= 15 is 0 Å². The molecule has 0 bridgehead atoms. The van der Waals surface area contributed by atoms with Gasteiger partial charge in [-0.25, -0.2) is 9.37 Å². The summed E-state index contributed by atoms with van der Waals surface area (Å²) in [5.41, 5.74) is 1.18. The zero-order valence-corrected chi connectivity index (χ0v) is 19.2. The van der Waals surface area contributed by atoms with Crippen LogP contribution in [0, 0.1) is 11.7 Å². The number of hydrogen-bond acceptors (Lipinski definition) is 6. The van der Waals surface area contributed by atoms with Crippen molar-refractivity contribution in [3.05, 3.63) is 58.8 Å². The molecule has 0 radical (unpaired) electrons. The molecule has 1 atom stereocenters. The molecule has 176 valence electrons. The largest absolute Gasteiger partial charge is 0.573 e. The second-order valence-electron chi connectivity index (χ2n) is 7.46. The lowest BCUT2D eigenvalue weighted by atomic mass is 10.1. The summed E-state index contributed by atoms with van der Waals surface area (Å²) in [6.07, 6.45) is -4.83. The van der Waals surface area contributed by atoms with Gasteiger partial charge in [0.25, 0.3) is 0 Å². The summed E-state index contributed by atoms with van der Waals surface area (Å²) in [5, 5.41) is 15.7.